The van der Waals surface area contributed by atoms with Crippen LogP contribution in [0.5, 0.6) is 5.75 Å². The maximum absolute atomic E-state index is 12.7. The van der Waals surface area contributed by atoms with Gasteiger partial charge in [0, 0.05) is 32.7 Å². The van der Waals surface area contributed by atoms with Gasteiger partial charge in [0.2, 0.25) is 11.8 Å². The number of rotatable bonds is 5. The van der Waals surface area contributed by atoms with Gasteiger partial charge in [-0.15, -0.1) is 0 Å². The predicted molar refractivity (Wildman–Crippen MR) is 90.7 cm³/mol. The molecule has 1 N–H and O–H groups in total. The van der Waals surface area contributed by atoms with E-state index in [1.165, 1.54) is 0 Å². The maximum atomic E-state index is 12.7. The Balaban J connectivity index is 1.54. The molecule has 1 aromatic carbocycles. The van der Waals surface area contributed by atoms with Crippen LogP contribution in [-0.2, 0) is 9.59 Å². The molecule has 0 aromatic heterocycles. The molecule has 0 bridgehead atoms. The summed E-state index contributed by atoms with van der Waals surface area (Å²) < 4.78 is 5.60. The van der Waals surface area contributed by atoms with Crippen LogP contribution in [0.2, 0.25) is 0 Å². The highest BCUT2D eigenvalue weighted by molar-refractivity contribution is 5.88. The fourth-order valence-electron chi connectivity index (χ4n) is 3.29. The van der Waals surface area contributed by atoms with Crippen LogP contribution in [0.4, 0.5) is 0 Å². The van der Waals surface area contributed by atoms with Gasteiger partial charge < -0.3 is 19.9 Å². The Morgan fingerprint density at radius 1 is 1.12 bits per heavy atom. The number of benzene rings is 1. The van der Waals surface area contributed by atoms with Gasteiger partial charge in [-0.2, -0.15) is 0 Å². The molecule has 1 unspecified atom stereocenters. The highest BCUT2D eigenvalue weighted by Gasteiger charge is 2.35. The van der Waals surface area contributed by atoms with Crippen LogP contribution >= 0.6 is 0 Å². The Bertz CT molecular complexity index is 558. The normalized spacial score (nSPS) is 20.9. The van der Waals surface area contributed by atoms with Crippen molar-refractivity contribution in [3.63, 3.8) is 0 Å². The number of nitrogens with zero attached hydrogens (tertiary/aromatic N) is 2. The minimum atomic E-state index is -0.374. The summed E-state index contributed by atoms with van der Waals surface area (Å²) in [6.07, 6.45) is 2.41. The smallest absolute Gasteiger partial charge is 0.246 e. The van der Waals surface area contributed by atoms with E-state index in [9.17, 15) is 9.59 Å². The van der Waals surface area contributed by atoms with Crippen molar-refractivity contribution in [2.24, 2.45) is 0 Å². The Morgan fingerprint density at radius 3 is 2.62 bits per heavy atom. The number of nitrogens with one attached hydrogen (secondary N) is 1. The number of carbonyl (C=O) groups excluding carboxylic acids is 2. The molecule has 3 rings (SSSR count). The van der Waals surface area contributed by atoms with Crippen molar-refractivity contribution in [2.75, 3.05) is 39.3 Å². The van der Waals surface area contributed by atoms with Crippen LogP contribution < -0.4 is 10.1 Å². The van der Waals surface area contributed by atoms with E-state index >= 15 is 0 Å². The van der Waals surface area contributed by atoms with E-state index in [-0.39, 0.29) is 17.9 Å². The summed E-state index contributed by atoms with van der Waals surface area (Å²) in [6, 6.07) is 9.09. The van der Waals surface area contributed by atoms with Crippen LogP contribution in [-0.4, -0.2) is 67.0 Å². The summed E-state index contributed by atoms with van der Waals surface area (Å²) in [4.78, 5) is 28.9. The maximum Gasteiger partial charge on any atom is 0.246 e. The second kappa shape index (κ2) is 8.15. The first-order valence-corrected chi connectivity index (χ1v) is 8.72. The van der Waals surface area contributed by atoms with Gasteiger partial charge in [-0.25, -0.2) is 0 Å². The molecule has 130 valence electrons. The molecule has 2 aliphatic heterocycles. The minimum Gasteiger partial charge on any atom is -0.493 e. The van der Waals surface area contributed by atoms with E-state index in [0.29, 0.717) is 26.1 Å². The average Bonchev–Trinajstić information content (AvgIpc) is 3.16. The number of hydrogen-bond donors (Lipinski definition) is 1. The lowest BCUT2D eigenvalue weighted by molar-refractivity contribution is -0.146. The molecule has 1 atom stereocenters. The molecule has 6 nitrogen and oxygen atoms in total. The van der Waals surface area contributed by atoms with E-state index in [2.05, 4.69) is 5.32 Å². The van der Waals surface area contributed by atoms with Gasteiger partial charge >= 0.3 is 0 Å². The van der Waals surface area contributed by atoms with E-state index in [1.807, 2.05) is 35.2 Å². The lowest BCUT2D eigenvalue weighted by atomic mass is 10.1. The fourth-order valence-corrected chi connectivity index (χ4v) is 3.29. The quantitative estimate of drug-likeness (QED) is 0.870. The van der Waals surface area contributed by atoms with Gasteiger partial charge in [0.1, 0.15) is 11.8 Å². The van der Waals surface area contributed by atoms with Crippen LogP contribution in [0.3, 0.4) is 0 Å². The number of likely N-dealkylation sites (tertiary alicyclic amines) is 1. The molecule has 2 saturated heterocycles. The zero-order valence-corrected chi connectivity index (χ0v) is 13.9. The average molecular weight is 331 g/mol. The Labute approximate surface area is 142 Å². The molecule has 2 aliphatic rings. The van der Waals surface area contributed by atoms with Gasteiger partial charge in [0.25, 0.3) is 0 Å². The largest absolute Gasteiger partial charge is 0.493 e. The molecule has 0 aliphatic carbocycles. The third kappa shape index (κ3) is 4.06. The molecular weight excluding hydrogens is 306 g/mol. The SMILES string of the molecule is O=C(C1CNCCN1C(=O)CCOc1ccccc1)N1CCCC1. The molecular formula is C18H25N3O3. The van der Waals surface area contributed by atoms with Crippen LogP contribution in [0.1, 0.15) is 19.3 Å². The molecule has 6 heteroatoms. The van der Waals surface area contributed by atoms with Crippen molar-refractivity contribution in [1.29, 1.82) is 0 Å². The van der Waals surface area contributed by atoms with Gasteiger partial charge in [-0.05, 0) is 25.0 Å². The number of para-hydroxylation sites is 1. The van der Waals surface area contributed by atoms with Gasteiger partial charge in [0.05, 0.1) is 13.0 Å². The summed E-state index contributed by atoms with van der Waals surface area (Å²) >= 11 is 0. The van der Waals surface area contributed by atoms with Crippen molar-refractivity contribution in [1.82, 2.24) is 15.1 Å². The van der Waals surface area contributed by atoms with Crippen molar-refractivity contribution in [2.45, 2.75) is 25.3 Å². The first kappa shape index (κ1) is 16.8. The number of hydrogen-bond acceptors (Lipinski definition) is 4. The van der Waals surface area contributed by atoms with E-state index in [0.717, 1.165) is 38.2 Å². The first-order chi connectivity index (χ1) is 11.8. The second-order valence-corrected chi connectivity index (χ2v) is 6.25. The molecule has 24 heavy (non-hydrogen) atoms. The summed E-state index contributed by atoms with van der Waals surface area (Å²) in [5.74, 6) is 0.831. The zero-order chi connectivity index (χ0) is 16.8. The summed E-state index contributed by atoms with van der Waals surface area (Å²) in [5, 5.41) is 3.23. The zero-order valence-electron chi connectivity index (χ0n) is 13.9. The molecule has 2 heterocycles. The van der Waals surface area contributed by atoms with Crippen molar-refractivity contribution in [3.05, 3.63) is 30.3 Å². The van der Waals surface area contributed by atoms with E-state index < -0.39 is 0 Å². The standard InChI is InChI=1S/C18H25N3O3/c22-17(8-13-24-15-6-2-1-3-7-15)21-12-9-19-14-16(21)18(23)20-10-4-5-11-20/h1-3,6-7,16,19H,4-5,8-14H2. The molecule has 0 spiro atoms. The number of amides is 2. The molecule has 2 amide bonds. The molecule has 2 fully saturated rings. The van der Waals surface area contributed by atoms with Crippen LogP contribution in [0.25, 0.3) is 0 Å². The predicted octanol–water partition coefficient (Wildman–Crippen LogP) is 0.878. The third-order valence-electron chi connectivity index (χ3n) is 4.59. The lowest BCUT2D eigenvalue weighted by Crippen LogP contribution is -2.60. The van der Waals surface area contributed by atoms with Crippen molar-refractivity contribution >= 4 is 11.8 Å². The Morgan fingerprint density at radius 2 is 1.88 bits per heavy atom. The Hall–Kier alpha value is -2.08. The highest BCUT2D eigenvalue weighted by Crippen LogP contribution is 2.15. The van der Waals surface area contributed by atoms with Crippen LogP contribution in [0, 0.1) is 0 Å². The second-order valence-electron chi connectivity index (χ2n) is 6.25. The van der Waals surface area contributed by atoms with E-state index in [1.54, 1.807) is 4.90 Å². The molecule has 0 radical (unpaired) electrons. The highest BCUT2D eigenvalue weighted by atomic mass is 16.5. The number of ether oxygens (including phenoxy) is 1. The lowest BCUT2D eigenvalue weighted by Gasteiger charge is -2.37. The van der Waals surface area contributed by atoms with Gasteiger partial charge in [-0.3, -0.25) is 9.59 Å². The monoisotopic (exact) mass is 331 g/mol. The summed E-state index contributed by atoms with van der Waals surface area (Å²) in [5.41, 5.74) is 0. The Kier molecular flexibility index (Phi) is 5.69. The molecule has 1 aromatic rings. The van der Waals surface area contributed by atoms with Crippen molar-refractivity contribution < 1.29 is 14.3 Å². The summed E-state index contributed by atoms with van der Waals surface area (Å²) in [6.45, 7) is 3.81. The fraction of sp³-hybridized carbons (Fsp3) is 0.556. The number of carbonyl (C=O) groups is 2. The first-order valence-electron chi connectivity index (χ1n) is 8.72. The minimum absolute atomic E-state index is 0.00928. The van der Waals surface area contributed by atoms with Gasteiger partial charge in [0.15, 0.2) is 0 Å². The topological polar surface area (TPSA) is 61.9 Å². The number of piperazine rings is 1. The summed E-state index contributed by atoms with van der Waals surface area (Å²) in [7, 11) is 0. The molecule has 0 saturated carbocycles. The van der Waals surface area contributed by atoms with Crippen molar-refractivity contribution in [3.8, 4) is 5.75 Å². The van der Waals surface area contributed by atoms with Gasteiger partial charge in [-0.1, -0.05) is 18.2 Å². The third-order valence-corrected chi connectivity index (χ3v) is 4.59. The van der Waals surface area contributed by atoms with E-state index in [4.69, 9.17) is 4.74 Å². The van der Waals surface area contributed by atoms with Crippen LogP contribution in [0.15, 0.2) is 30.3 Å².